The van der Waals surface area contributed by atoms with E-state index < -0.39 is 12.4 Å². The van der Waals surface area contributed by atoms with Crippen molar-refractivity contribution in [3.05, 3.63) is 65.6 Å². The zero-order chi connectivity index (χ0) is 25.7. The Bertz CT molecular complexity index is 1120. The van der Waals surface area contributed by atoms with Crippen LogP contribution in [0.2, 0.25) is 0 Å². The highest BCUT2D eigenvalue weighted by Gasteiger charge is 2.36. The molecule has 1 N–H and O–H groups in total. The summed E-state index contributed by atoms with van der Waals surface area (Å²) in [5, 5.41) is 2.96. The molecule has 9 heteroatoms. The molecule has 0 fully saturated rings. The average molecular weight is 497 g/mol. The second-order valence-corrected chi connectivity index (χ2v) is 8.68. The molecular formula is C27H32N2O7. The number of anilines is 1. The lowest BCUT2D eigenvalue weighted by atomic mass is 9.85. The number of nitrogens with zero attached hydrogens (tertiary/aromatic N) is 1. The van der Waals surface area contributed by atoms with E-state index in [1.165, 1.54) is 6.26 Å². The lowest BCUT2D eigenvalue weighted by molar-refractivity contribution is -0.123. The number of amides is 2. The maximum absolute atomic E-state index is 12.8. The fourth-order valence-electron chi connectivity index (χ4n) is 4.61. The molecule has 0 bridgehead atoms. The van der Waals surface area contributed by atoms with Gasteiger partial charge in [-0.3, -0.25) is 9.69 Å². The summed E-state index contributed by atoms with van der Waals surface area (Å²) in [6.07, 6.45) is 1.55. The van der Waals surface area contributed by atoms with Gasteiger partial charge >= 0.3 is 6.09 Å². The molecule has 2 amide bonds. The Morgan fingerprint density at radius 2 is 1.83 bits per heavy atom. The first-order chi connectivity index (χ1) is 17.4. The predicted molar refractivity (Wildman–Crippen MR) is 133 cm³/mol. The zero-order valence-corrected chi connectivity index (χ0v) is 21.0. The van der Waals surface area contributed by atoms with Gasteiger partial charge in [-0.1, -0.05) is 30.3 Å². The van der Waals surface area contributed by atoms with Crippen LogP contribution in [-0.4, -0.2) is 51.7 Å². The maximum Gasteiger partial charge on any atom is 0.414 e. The largest absolute Gasteiger partial charge is 0.493 e. The van der Waals surface area contributed by atoms with E-state index in [0.29, 0.717) is 36.6 Å². The van der Waals surface area contributed by atoms with E-state index in [1.54, 1.807) is 32.1 Å². The van der Waals surface area contributed by atoms with Crippen molar-refractivity contribution in [3.8, 4) is 11.5 Å². The second-order valence-electron chi connectivity index (χ2n) is 8.68. The summed E-state index contributed by atoms with van der Waals surface area (Å²) in [4.78, 5) is 27.2. The molecule has 2 aromatic carbocycles. The molecule has 192 valence electrons. The van der Waals surface area contributed by atoms with Gasteiger partial charge in [-0.05, 0) is 37.5 Å². The van der Waals surface area contributed by atoms with E-state index in [1.807, 2.05) is 43.3 Å². The van der Waals surface area contributed by atoms with Crippen molar-refractivity contribution in [2.24, 2.45) is 0 Å². The standard InChI is InChI=1S/C27H32N2O7/c1-5-34-27(31)29-17(2)11-19(20-13-22(32-3)23(33-4)14-21(20)29)15-28-26(30)24-16-35-25(36-24)12-18-9-7-6-8-10-18/h6-10,13-14,16-17,19,25H,5,11-12,15H2,1-4H3,(H,28,30). The highest BCUT2D eigenvalue weighted by atomic mass is 16.7. The predicted octanol–water partition coefficient (Wildman–Crippen LogP) is 4.12. The summed E-state index contributed by atoms with van der Waals surface area (Å²) < 4.78 is 27.5. The number of hydrogen-bond acceptors (Lipinski definition) is 7. The van der Waals surface area contributed by atoms with Gasteiger partial charge in [0.1, 0.15) is 6.26 Å². The number of rotatable bonds is 8. The van der Waals surface area contributed by atoms with E-state index >= 15 is 0 Å². The first-order valence-corrected chi connectivity index (χ1v) is 12.0. The number of methoxy groups -OCH3 is 2. The summed E-state index contributed by atoms with van der Waals surface area (Å²) >= 11 is 0. The molecule has 9 nitrogen and oxygen atoms in total. The lowest BCUT2D eigenvalue weighted by Gasteiger charge is -2.39. The van der Waals surface area contributed by atoms with Gasteiger partial charge in [0.15, 0.2) is 11.5 Å². The van der Waals surface area contributed by atoms with Gasteiger partial charge in [0.25, 0.3) is 5.91 Å². The van der Waals surface area contributed by atoms with Crippen molar-refractivity contribution >= 4 is 17.7 Å². The molecule has 0 aromatic heterocycles. The molecule has 2 aromatic rings. The van der Waals surface area contributed by atoms with Crippen LogP contribution in [0.5, 0.6) is 11.5 Å². The fourth-order valence-corrected chi connectivity index (χ4v) is 4.61. The van der Waals surface area contributed by atoms with Crippen molar-refractivity contribution in [1.82, 2.24) is 5.32 Å². The maximum atomic E-state index is 12.8. The third-order valence-corrected chi connectivity index (χ3v) is 6.33. The Labute approximate surface area is 210 Å². The Morgan fingerprint density at radius 3 is 2.53 bits per heavy atom. The summed E-state index contributed by atoms with van der Waals surface area (Å²) in [5.41, 5.74) is 2.59. The smallest absolute Gasteiger partial charge is 0.414 e. The number of carbonyl (C=O) groups is 2. The van der Waals surface area contributed by atoms with Crippen LogP contribution >= 0.6 is 0 Å². The van der Waals surface area contributed by atoms with Gasteiger partial charge in [0.2, 0.25) is 12.0 Å². The van der Waals surface area contributed by atoms with Crippen LogP contribution in [0.1, 0.15) is 37.3 Å². The average Bonchev–Trinajstić information content (AvgIpc) is 3.35. The van der Waals surface area contributed by atoms with Crippen LogP contribution in [0.25, 0.3) is 0 Å². The molecule has 0 aliphatic carbocycles. The first-order valence-electron chi connectivity index (χ1n) is 12.0. The van der Waals surface area contributed by atoms with Gasteiger partial charge in [0.05, 0.1) is 26.5 Å². The Balaban J connectivity index is 1.47. The minimum atomic E-state index is -0.543. The number of carbonyl (C=O) groups excluding carboxylic acids is 2. The Morgan fingerprint density at radius 1 is 1.11 bits per heavy atom. The first kappa shape index (κ1) is 25.2. The topological polar surface area (TPSA) is 95.6 Å². The molecule has 2 heterocycles. The Hall–Kier alpha value is -3.88. The minimum absolute atomic E-state index is 0.0764. The van der Waals surface area contributed by atoms with Crippen molar-refractivity contribution in [1.29, 1.82) is 0 Å². The van der Waals surface area contributed by atoms with Crippen molar-refractivity contribution in [2.75, 3.05) is 32.3 Å². The van der Waals surface area contributed by atoms with Crippen LogP contribution in [0.15, 0.2) is 54.5 Å². The number of fused-ring (bicyclic) bond motifs is 1. The summed E-state index contributed by atoms with van der Waals surface area (Å²) in [6.45, 7) is 4.34. The van der Waals surface area contributed by atoms with E-state index in [9.17, 15) is 9.59 Å². The molecule has 0 radical (unpaired) electrons. The summed E-state index contributed by atoms with van der Waals surface area (Å²) in [6, 6.07) is 13.3. The van der Waals surface area contributed by atoms with E-state index in [2.05, 4.69) is 5.32 Å². The monoisotopic (exact) mass is 496 g/mol. The number of ether oxygens (including phenoxy) is 5. The number of nitrogens with one attached hydrogen (secondary N) is 1. The van der Waals surface area contributed by atoms with E-state index in [0.717, 1.165) is 11.1 Å². The molecule has 36 heavy (non-hydrogen) atoms. The third-order valence-electron chi connectivity index (χ3n) is 6.33. The quantitative estimate of drug-likeness (QED) is 0.588. The molecule has 2 aliphatic rings. The lowest BCUT2D eigenvalue weighted by Crippen LogP contribution is -2.45. The molecule has 4 rings (SSSR count). The number of hydrogen-bond donors (Lipinski definition) is 1. The highest BCUT2D eigenvalue weighted by molar-refractivity contribution is 5.92. The molecule has 0 saturated carbocycles. The van der Waals surface area contributed by atoms with Crippen molar-refractivity contribution in [2.45, 2.75) is 44.9 Å². The van der Waals surface area contributed by atoms with Crippen LogP contribution in [0, 0.1) is 0 Å². The zero-order valence-electron chi connectivity index (χ0n) is 21.0. The normalized spacial score (nSPS) is 20.4. The van der Waals surface area contributed by atoms with Crippen molar-refractivity contribution in [3.63, 3.8) is 0 Å². The molecular weight excluding hydrogens is 464 g/mol. The molecule has 2 aliphatic heterocycles. The van der Waals surface area contributed by atoms with Crippen LogP contribution in [0.3, 0.4) is 0 Å². The van der Waals surface area contributed by atoms with E-state index in [4.69, 9.17) is 23.7 Å². The SMILES string of the molecule is CCOC(=O)N1c2cc(OC)c(OC)cc2C(CNC(=O)C2=COC(Cc3ccccc3)O2)CC1C. The fraction of sp³-hybridized carbons (Fsp3) is 0.407. The number of benzene rings is 2. The van der Waals surface area contributed by atoms with Crippen LogP contribution in [0.4, 0.5) is 10.5 Å². The Kier molecular flexibility index (Phi) is 7.87. The van der Waals surface area contributed by atoms with Crippen LogP contribution in [-0.2, 0) is 25.4 Å². The molecule has 3 unspecified atom stereocenters. The van der Waals surface area contributed by atoms with Gasteiger partial charge in [-0.15, -0.1) is 0 Å². The molecule has 0 saturated heterocycles. The van der Waals surface area contributed by atoms with Gasteiger partial charge in [-0.25, -0.2) is 4.79 Å². The minimum Gasteiger partial charge on any atom is -0.493 e. The molecule has 3 atom stereocenters. The van der Waals surface area contributed by atoms with E-state index in [-0.39, 0.29) is 30.2 Å². The highest BCUT2D eigenvalue weighted by Crippen LogP contribution is 2.44. The second kappa shape index (κ2) is 11.2. The summed E-state index contributed by atoms with van der Waals surface area (Å²) in [7, 11) is 3.11. The van der Waals surface area contributed by atoms with Gasteiger partial charge in [0, 0.05) is 31.0 Å². The van der Waals surface area contributed by atoms with Crippen LogP contribution < -0.4 is 19.7 Å². The van der Waals surface area contributed by atoms with Gasteiger partial charge in [-0.2, -0.15) is 0 Å². The van der Waals surface area contributed by atoms with Crippen molar-refractivity contribution < 1.29 is 33.3 Å². The summed E-state index contributed by atoms with van der Waals surface area (Å²) in [5.74, 6) is 0.763. The molecule has 0 spiro atoms. The third kappa shape index (κ3) is 5.35. The van der Waals surface area contributed by atoms with Gasteiger partial charge < -0.3 is 29.0 Å².